The molecule has 0 aliphatic rings. The molecule has 0 fully saturated rings. The summed E-state index contributed by atoms with van der Waals surface area (Å²) in [6.07, 6.45) is 0.510. The fourth-order valence-corrected chi connectivity index (χ4v) is 3.75. The standard InChI is InChI=1S/C17H10Cl6N2/c1-7-17(9-5-11(19)12(20)6-10(9)18)25-15(24-7)4-8-2-13(21)16(23)14(22)3-8/h2-3,5-6H,4H2,1H3,(H,24,25). The van der Waals surface area contributed by atoms with E-state index in [1.54, 1.807) is 24.3 Å². The summed E-state index contributed by atoms with van der Waals surface area (Å²) in [7, 11) is 0. The molecule has 3 aromatic rings. The van der Waals surface area contributed by atoms with Crippen molar-refractivity contribution in [1.29, 1.82) is 0 Å². The van der Waals surface area contributed by atoms with E-state index in [-0.39, 0.29) is 0 Å². The van der Waals surface area contributed by atoms with Gasteiger partial charge in [-0.25, -0.2) is 4.98 Å². The van der Waals surface area contributed by atoms with Gasteiger partial charge in [-0.15, -0.1) is 0 Å². The van der Waals surface area contributed by atoms with Gasteiger partial charge in [-0.05, 0) is 36.8 Å². The van der Waals surface area contributed by atoms with Gasteiger partial charge in [-0.1, -0.05) is 69.6 Å². The third-order valence-corrected chi connectivity index (χ3v) is 5.85. The molecule has 2 nitrogen and oxygen atoms in total. The van der Waals surface area contributed by atoms with Crippen molar-refractivity contribution in [2.45, 2.75) is 13.3 Å². The summed E-state index contributed by atoms with van der Waals surface area (Å²) < 4.78 is 0. The number of halogens is 6. The number of rotatable bonds is 3. The number of aromatic amines is 1. The first kappa shape index (κ1) is 19.2. The maximum atomic E-state index is 6.29. The van der Waals surface area contributed by atoms with Crippen LogP contribution in [-0.4, -0.2) is 9.97 Å². The average molecular weight is 455 g/mol. The summed E-state index contributed by atoms with van der Waals surface area (Å²) in [4.78, 5) is 7.87. The highest BCUT2D eigenvalue weighted by atomic mass is 35.5. The van der Waals surface area contributed by atoms with Gasteiger partial charge in [0.05, 0.1) is 35.8 Å². The van der Waals surface area contributed by atoms with Crippen molar-refractivity contribution >= 4 is 69.6 Å². The number of hydrogen-bond acceptors (Lipinski definition) is 1. The normalized spacial score (nSPS) is 11.2. The number of nitrogens with zero attached hydrogens (tertiary/aromatic N) is 1. The monoisotopic (exact) mass is 452 g/mol. The quantitative estimate of drug-likeness (QED) is 0.316. The van der Waals surface area contributed by atoms with Gasteiger partial charge in [0.15, 0.2) is 0 Å². The molecule has 0 bridgehead atoms. The Morgan fingerprint density at radius 1 is 0.800 bits per heavy atom. The molecule has 2 aromatic carbocycles. The minimum Gasteiger partial charge on any atom is -0.345 e. The lowest BCUT2D eigenvalue weighted by atomic mass is 10.1. The van der Waals surface area contributed by atoms with Crippen LogP contribution in [-0.2, 0) is 6.42 Å². The van der Waals surface area contributed by atoms with Crippen LogP contribution in [0.2, 0.25) is 30.1 Å². The van der Waals surface area contributed by atoms with Crippen LogP contribution in [0, 0.1) is 6.92 Å². The predicted octanol–water partition coefficient (Wildman–Crippen LogP) is 7.90. The Morgan fingerprint density at radius 3 is 2.04 bits per heavy atom. The molecule has 1 aromatic heterocycles. The minimum absolute atomic E-state index is 0.339. The van der Waals surface area contributed by atoms with Crippen LogP contribution in [0.25, 0.3) is 11.3 Å². The van der Waals surface area contributed by atoms with Crippen LogP contribution < -0.4 is 0 Å². The first-order valence-electron chi connectivity index (χ1n) is 7.10. The van der Waals surface area contributed by atoms with E-state index >= 15 is 0 Å². The van der Waals surface area contributed by atoms with Gasteiger partial charge < -0.3 is 4.98 Å². The molecule has 1 heterocycles. The first-order valence-corrected chi connectivity index (χ1v) is 9.37. The topological polar surface area (TPSA) is 28.7 Å². The molecule has 130 valence electrons. The largest absolute Gasteiger partial charge is 0.345 e. The molecule has 0 radical (unpaired) electrons. The molecular formula is C17H10Cl6N2. The van der Waals surface area contributed by atoms with Crippen LogP contribution in [0.5, 0.6) is 0 Å². The van der Waals surface area contributed by atoms with E-state index in [0.29, 0.717) is 47.8 Å². The molecule has 0 aliphatic heterocycles. The fraction of sp³-hybridized carbons (Fsp3) is 0.118. The number of aryl methyl sites for hydroxylation is 1. The van der Waals surface area contributed by atoms with Crippen molar-refractivity contribution in [3.05, 3.63) is 71.5 Å². The molecule has 0 aliphatic carbocycles. The molecule has 8 heteroatoms. The smallest absolute Gasteiger partial charge is 0.111 e. The summed E-state index contributed by atoms with van der Waals surface area (Å²) in [6, 6.07) is 6.83. The van der Waals surface area contributed by atoms with Crippen molar-refractivity contribution in [3.63, 3.8) is 0 Å². The van der Waals surface area contributed by atoms with Gasteiger partial charge in [-0.2, -0.15) is 0 Å². The molecule has 25 heavy (non-hydrogen) atoms. The summed E-state index contributed by atoms with van der Waals surface area (Å²) >= 11 is 36.5. The molecular weight excluding hydrogens is 445 g/mol. The molecule has 0 spiro atoms. The molecule has 0 atom stereocenters. The van der Waals surface area contributed by atoms with E-state index < -0.39 is 0 Å². The second-order valence-electron chi connectivity index (χ2n) is 5.45. The first-order chi connectivity index (χ1) is 11.8. The van der Waals surface area contributed by atoms with E-state index in [2.05, 4.69) is 9.97 Å². The zero-order chi connectivity index (χ0) is 18.3. The summed E-state index contributed by atoms with van der Waals surface area (Å²) in [5.74, 6) is 0.740. The Balaban J connectivity index is 1.97. The third kappa shape index (κ3) is 4.05. The lowest BCUT2D eigenvalue weighted by Gasteiger charge is -2.05. The van der Waals surface area contributed by atoms with E-state index in [1.807, 2.05) is 6.92 Å². The van der Waals surface area contributed by atoms with Crippen LogP contribution in [0.3, 0.4) is 0 Å². The van der Waals surface area contributed by atoms with Crippen molar-refractivity contribution in [2.24, 2.45) is 0 Å². The maximum Gasteiger partial charge on any atom is 0.111 e. The number of imidazole rings is 1. The van der Waals surface area contributed by atoms with Crippen LogP contribution in [0.4, 0.5) is 0 Å². The lowest BCUT2D eigenvalue weighted by molar-refractivity contribution is 1.02. The second kappa shape index (κ2) is 7.56. The lowest BCUT2D eigenvalue weighted by Crippen LogP contribution is -1.92. The van der Waals surface area contributed by atoms with Crippen molar-refractivity contribution in [2.75, 3.05) is 0 Å². The van der Waals surface area contributed by atoms with Crippen LogP contribution in [0.1, 0.15) is 17.1 Å². The van der Waals surface area contributed by atoms with Crippen LogP contribution in [0.15, 0.2) is 24.3 Å². The van der Waals surface area contributed by atoms with E-state index in [9.17, 15) is 0 Å². The fourth-order valence-electron chi connectivity index (χ4n) is 2.48. The Kier molecular flexibility index (Phi) is 5.79. The SMILES string of the molecule is Cc1[nH]c(Cc2cc(Cl)c(Cl)c(Cl)c2)nc1-c1cc(Cl)c(Cl)cc1Cl. The summed E-state index contributed by atoms with van der Waals surface area (Å²) in [5.41, 5.74) is 3.18. The molecule has 3 rings (SSSR count). The highest BCUT2D eigenvalue weighted by Crippen LogP contribution is 2.36. The zero-order valence-corrected chi connectivity index (χ0v) is 17.3. The molecule has 0 saturated carbocycles. The third-order valence-electron chi connectivity index (χ3n) is 3.61. The second-order valence-corrected chi connectivity index (χ2v) is 7.87. The number of hydrogen-bond donors (Lipinski definition) is 1. The summed E-state index contributed by atoms with van der Waals surface area (Å²) in [6.45, 7) is 1.91. The number of aromatic nitrogens is 2. The highest BCUT2D eigenvalue weighted by molar-refractivity contribution is 6.48. The van der Waals surface area contributed by atoms with Gasteiger partial charge in [-0.3, -0.25) is 0 Å². The molecule has 1 N–H and O–H groups in total. The number of nitrogens with one attached hydrogen (secondary N) is 1. The maximum absolute atomic E-state index is 6.29. The van der Waals surface area contributed by atoms with Gasteiger partial charge in [0.2, 0.25) is 0 Å². The molecule has 0 unspecified atom stereocenters. The van der Waals surface area contributed by atoms with Gasteiger partial charge in [0, 0.05) is 17.7 Å². The summed E-state index contributed by atoms with van der Waals surface area (Å²) in [5, 5.41) is 2.44. The number of H-pyrrole nitrogens is 1. The molecule has 0 saturated heterocycles. The Morgan fingerprint density at radius 2 is 1.40 bits per heavy atom. The van der Waals surface area contributed by atoms with E-state index in [1.165, 1.54) is 0 Å². The Hall–Kier alpha value is -0.610. The average Bonchev–Trinajstić information content (AvgIpc) is 2.88. The molecule has 0 amide bonds. The number of benzene rings is 2. The van der Waals surface area contributed by atoms with Crippen molar-refractivity contribution < 1.29 is 0 Å². The van der Waals surface area contributed by atoms with Crippen LogP contribution >= 0.6 is 69.6 Å². The van der Waals surface area contributed by atoms with Crippen molar-refractivity contribution in [3.8, 4) is 11.3 Å². The minimum atomic E-state index is 0.339. The van der Waals surface area contributed by atoms with Crippen molar-refractivity contribution in [1.82, 2.24) is 9.97 Å². The van der Waals surface area contributed by atoms with Gasteiger partial charge >= 0.3 is 0 Å². The van der Waals surface area contributed by atoms with Gasteiger partial charge in [0.1, 0.15) is 5.82 Å². The van der Waals surface area contributed by atoms with E-state index in [4.69, 9.17) is 69.6 Å². The Bertz CT molecular complexity index is 941. The zero-order valence-electron chi connectivity index (χ0n) is 12.7. The van der Waals surface area contributed by atoms with Gasteiger partial charge in [0.25, 0.3) is 0 Å². The van der Waals surface area contributed by atoms with E-state index in [0.717, 1.165) is 17.1 Å². The predicted molar refractivity (Wildman–Crippen MR) is 108 cm³/mol. The highest BCUT2D eigenvalue weighted by Gasteiger charge is 2.15. The Labute approximate surface area is 175 Å².